The summed E-state index contributed by atoms with van der Waals surface area (Å²) < 4.78 is 16.3. The van der Waals surface area contributed by atoms with Crippen LogP contribution in [-0.4, -0.2) is 48.8 Å². The number of fused-ring (bicyclic) bond motifs is 1. The summed E-state index contributed by atoms with van der Waals surface area (Å²) in [5, 5.41) is 2.87. The lowest BCUT2D eigenvalue weighted by Crippen LogP contribution is -2.46. The number of carbonyl (C=O) groups excluding carboxylic acids is 2. The van der Waals surface area contributed by atoms with Crippen molar-refractivity contribution in [3.8, 4) is 11.5 Å². The number of hydrogen-bond donors (Lipinski definition) is 1. The van der Waals surface area contributed by atoms with Gasteiger partial charge in [-0.15, -0.1) is 0 Å². The Balaban J connectivity index is 2.31. The van der Waals surface area contributed by atoms with E-state index in [0.717, 1.165) is 4.57 Å². The van der Waals surface area contributed by atoms with Crippen molar-refractivity contribution >= 4 is 22.8 Å². The molecule has 2 aromatic rings. The van der Waals surface area contributed by atoms with Gasteiger partial charge in [-0.1, -0.05) is 13.8 Å². The molecule has 1 aromatic carbocycles. The van der Waals surface area contributed by atoms with Crippen molar-refractivity contribution in [3.05, 3.63) is 28.8 Å². The van der Waals surface area contributed by atoms with Gasteiger partial charge in [-0.3, -0.25) is 14.2 Å². The molecule has 1 amide bonds. The van der Waals surface area contributed by atoms with Crippen molar-refractivity contribution in [1.82, 2.24) is 14.9 Å². The van der Waals surface area contributed by atoms with Crippen LogP contribution in [0.25, 0.3) is 10.9 Å². The van der Waals surface area contributed by atoms with Crippen LogP contribution in [0.3, 0.4) is 0 Å². The number of ether oxygens (including phenoxy) is 3. The summed E-state index contributed by atoms with van der Waals surface area (Å²) >= 11 is 0. The van der Waals surface area contributed by atoms with Gasteiger partial charge in [0, 0.05) is 6.07 Å². The fourth-order valence-electron chi connectivity index (χ4n) is 2.60. The molecule has 0 aliphatic rings. The number of rotatable bonds is 7. The van der Waals surface area contributed by atoms with Gasteiger partial charge in [0.2, 0.25) is 5.91 Å². The van der Waals surface area contributed by atoms with Crippen molar-refractivity contribution in [2.75, 3.05) is 21.3 Å². The van der Waals surface area contributed by atoms with Gasteiger partial charge in [0.05, 0.1) is 38.6 Å². The van der Waals surface area contributed by atoms with Crippen LogP contribution in [0.15, 0.2) is 23.3 Å². The largest absolute Gasteiger partial charge is 0.493 e. The fourth-order valence-corrected chi connectivity index (χ4v) is 2.60. The van der Waals surface area contributed by atoms with Crippen molar-refractivity contribution in [3.63, 3.8) is 0 Å². The predicted octanol–water partition coefficient (Wildman–Crippen LogP) is 0.727. The molecule has 1 N–H and O–H groups in total. The van der Waals surface area contributed by atoms with Gasteiger partial charge in [-0.05, 0) is 12.0 Å². The van der Waals surface area contributed by atoms with E-state index in [-0.39, 0.29) is 17.8 Å². The van der Waals surface area contributed by atoms with Crippen LogP contribution in [0.1, 0.15) is 13.8 Å². The third-order valence-electron chi connectivity index (χ3n) is 4.08. The highest BCUT2D eigenvalue weighted by Crippen LogP contribution is 2.29. The SMILES string of the molecule is COC(=O)C(NC(=O)Cn1cnc2cc(OC)c(OC)cc2c1=O)C(C)C. The van der Waals surface area contributed by atoms with Gasteiger partial charge >= 0.3 is 5.97 Å². The van der Waals surface area contributed by atoms with Gasteiger partial charge in [0.25, 0.3) is 5.56 Å². The summed E-state index contributed by atoms with van der Waals surface area (Å²) in [5.74, 6) is -0.367. The monoisotopic (exact) mass is 377 g/mol. The topological polar surface area (TPSA) is 109 Å². The number of amides is 1. The minimum atomic E-state index is -0.795. The average Bonchev–Trinajstić information content (AvgIpc) is 2.66. The maximum Gasteiger partial charge on any atom is 0.328 e. The lowest BCUT2D eigenvalue weighted by Gasteiger charge is -2.20. The fraction of sp³-hybridized carbons (Fsp3) is 0.444. The first-order chi connectivity index (χ1) is 12.8. The van der Waals surface area contributed by atoms with Crippen LogP contribution < -0.4 is 20.3 Å². The highest BCUT2D eigenvalue weighted by atomic mass is 16.5. The highest BCUT2D eigenvalue weighted by Gasteiger charge is 2.25. The third kappa shape index (κ3) is 4.36. The Morgan fingerprint density at radius 3 is 2.33 bits per heavy atom. The van der Waals surface area contributed by atoms with E-state index in [9.17, 15) is 14.4 Å². The second kappa shape index (κ2) is 8.52. The Morgan fingerprint density at radius 1 is 1.15 bits per heavy atom. The van der Waals surface area contributed by atoms with Crippen molar-refractivity contribution in [2.45, 2.75) is 26.4 Å². The number of nitrogens with zero attached hydrogens (tertiary/aromatic N) is 2. The molecule has 0 saturated heterocycles. The minimum Gasteiger partial charge on any atom is -0.493 e. The van der Waals surface area contributed by atoms with E-state index in [1.54, 1.807) is 19.9 Å². The Labute approximate surface area is 156 Å². The van der Waals surface area contributed by atoms with Crippen LogP contribution in [0, 0.1) is 5.92 Å². The second-order valence-electron chi connectivity index (χ2n) is 6.21. The lowest BCUT2D eigenvalue weighted by molar-refractivity contribution is -0.146. The van der Waals surface area contributed by atoms with Crippen molar-refractivity contribution in [2.24, 2.45) is 5.92 Å². The van der Waals surface area contributed by atoms with Crippen LogP contribution >= 0.6 is 0 Å². The third-order valence-corrected chi connectivity index (χ3v) is 4.08. The number of methoxy groups -OCH3 is 3. The van der Waals surface area contributed by atoms with Gasteiger partial charge in [0.15, 0.2) is 11.5 Å². The summed E-state index contributed by atoms with van der Waals surface area (Å²) in [4.78, 5) is 41.0. The first kappa shape index (κ1) is 20.2. The molecule has 1 aromatic heterocycles. The van der Waals surface area contributed by atoms with Crippen LogP contribution in [-0.2, 0) is 20.9 Å². The van der Waals surface area contributed by atoms with Gasteiger partial charge in [-0.2, -0.15) is 0 Å². The Hall–Kier alpha value is -3.10. The van der Waals surface area contributed by atoms with Crippen LogP contribution in [0.2, 0.25) is 0 Å². The molecular formula is C18H23N3O6. The van der Waals surface area contributed by atoms with Gasteiger partial charge in [0.1, 0.15) is 12.6 Å². The van der Waals surface area contributed by atoms with Gasteiger partial charge in [-0.25, -0.2) is 9.78 Å². The molecule has 146 valence electrons. The van der Waals surface area contributed by atoms with E-state index in [0.29, 0.717) is 17.0 Å². The van der Waals surface area contributed by atoms with E-state index in [4.69, 9.17) is 14.2 Å². The molecule has 0 saturated carbocycles. The van der Waals surface area contributed by atoms with Crippen molar-refractivity contribution < 1.29 is 23.8 Å². The minimum absolute atomic E-state index is 0.162. The zero-order valence-corrected chi connectivity index (χ0v) is 15.9. The van der Waals surface area contributed by atoms with E-state index in [2.05, 4.69) is 10.3 Å². The van der Waals surface area contributed by atoms with Crippen molar-refractivity contribution in [1.29, 1.82) is 0 Å². The van der Waals surface area contributed by atoms with E-state index < -0.39 is 23.5 Å². The molecule has 0 aliphatic carbocycles. The zero-order chi connectivity index (χ0) is 20.1. The van der Waals surface area contributed by atoms with Crippen LogP contribution in [0.4, 0.5) is 0 Å². The normalized spacial score (nSPS) is 11.9. The standard InChI is InChI=1S/C18H23N3O6/c1-10(2)16(18(24)27-5)20-15(22)8-21-9-19-12-7-14(26-4)13(25-3)6-11(12)17(21)23/h6-7,9-10,16H,8H2,1-5H3,(H,20,22). The summed E-state index contributed by atoms with van der Waals surface area (Å²) in [6.07, 6.45) is 1.28. The predicted molar refractivity (Wildman–Crippen MR) is 97.9 cm³/mol. The van der Waals surface area contributed by atoms with E-state index >= 15 is 0 Å². The number of esters is 1. The maximum absolute atomic E-state index is 12.7. The number of carbonyl (C=O) groups is 2. The van der Waals surface area contributed by atoms with E-state index in [1.165, 1.54) is 33.7 Å². The molecule has 27 heavy (non-hydrogen) atoms. The molecule has 1 unspecified atom stereocenters. The van der Waals surface area contributed by atoms with Crippen LogP contribution in [0.5, 0.6) is 11.5 Å². The molecule has 0 aliphatic heterocycles. The summed E-state index contributed by atoms with van der Waals surface area (Å²) in [7, 11) is 4.20. The number of aromatic nitrogens is 2. The van der Waals surface area contributed by atoms with Gasteiger partial charge < -0.3 is 19.5 Å². The number of nitrogens with one attached hydrogen (secondary N) is 1. The summed E-state index contributed by atoms with van der Waals surface area (Å²) in [6, 6.07) is 2.31. The summed E-state index contributed by atoms with van der Waals surface area (Å²) in [6.45, 7) is 3.28. The molecule has 0 radical (unpaired) electrons. The van der Waals surface area contributed by atoms with E-state index in [1.807, 2.05) is 0 Å². The maximum atomic E-state index is 12.7. The molecule has 1 atom stereocenters. The highest BCUT2D eigenvalue weighted by molar-refractivity contribution is 5.85. The second-order valence-corrected chi connectivity index (χ2v) is 6.21. The first-order valence-electron chi connectivity index (χ1n) is 8.30. The quantitative estimate of drug-likeness (QED) is 0.709. The Kier molecular flexibility index (Phi) is 6.38. The molecule has 2 rings (SSSR count). The molecular weight excluding hydrogens is 354 g/mol. The molecule has 0 fully saturated rings. The Morgan fingerprint density at radius 2 is 1.78 bits per heavy atom. The number of hydrogen-bond acceptors (Lipinski definition) is 7. The number of benzene rings is 1. The molecule has 9 nitrogen and oxygen atoms in total. The summed E-state index contributed by atoms with van der Waals surface area (Å²) in [5.41, 5.74) is 0.0131. The lowest BCUT2D eigenvalue weighted by atomic mass is 10.0. The zero-order valence-electron chi connectivity index (χ0n) is 15.9. The first-order valence-corrected chi connectivity index (χ1v) is 8.30. The smallest absolute Gasteiger partial charge is 0.328 e. The molecule has 0 spiro atoms. The average molecular weight is 377 g/mol. The molecule has 9 heteroatoms. The molecule has 0 bridgehead atoms. The molecule has 1 heterocycles. The Bertz CT molecular complexity index is 906.